The predicted octanol–water partition coefficient (Wildman–Crippen LogP) is 6.13. The Labute approximate surface area is 218 Å². The van der Waals surface area contributed by atoms with E-state index in [0.717, 1.165) is 40.4 Å². The number of carbonyl (C=O) groups is 2. The predicted molar refractivity (Wildman–Crippen MR) is 145 cm³/mol. The number of hydrogen-bond donors (Lipinski definition) is 1. The second kappa shape index (κ2) is 12.3. The minimum atomic E-state index is -0.523. The molecule has 4 rings (SSSR count). The molecule has 0 saturated heterocycles. The highest BCUT2D eigenvalue weighted by molar-refractivity contribution is 7.99. The first-order valence-corrected chi connectivity index (χ1v) is 14.0. The standard InChI is InChI=1S/C30H35NO4S/c1-4-15-34-26-14-10-9-13-23(26)28-27(30(33)35-16-17-36-5-2)20(3)31-24-18-22(19-25(32)29(24)28)21-11-7-6-8-12-21/h6-14,22,28,31H,4-5,15-19H2,1-3H3/t22-,28+/m0/s1. The highest BCUT2D eigenvalue weighted by Crippen LogP contribution is 2.47. The number of carbonyl (C=O) groups excluding carboxylic acids is 2. The zero-order chi connectivity index (χ0) is 25.5. The van der Waals surface area contributed by atoms with Gasteiger partial charge in [0.25, 0.3) is 0 Å². The molecule has 0 amide bonds. The maximum absolute atomic E-state index is 13.8. The van der Waals surface area contributed by atoms with Crippen molar-refractivity contribution in [1.82, 2.24) is 5.32 Å². The topological polar surface area (TPSA) is 64.6 Å². The van der Waals surface area contributed by atoms with Gasteiger partial charge in [-0.3, -0.25) is 4.79 Å². The smallest absolute Gasteiger partial charge is 0.336 e. The summed E-state index contributed by atoms with van der Waals surface area (Å²) in [6, 6.07) is 17.9. The molecule has 2 aliphatic rings. The Bertz CT molecular complexity index is 1150. The lowest BCUT2D eigenvalue weighted by Crippen LogP contribution is -2.36. The fourth-order valence-electron chi connectivity index (χ4n) is 5.06. The number of esters is 1. The van der Waals surface area contributed by atoms with Gasteiger partial charge in [0.05, 0.1) is 18.1 Å². The Morgan fingerprint density at radius 2 is 1.78 bits per heavy atom. The van der Waals surface area contributed by atoms with Crippen molar-refractivity contribution in [1.29, 1.82) is 0 Å². The van der Waals surface area contributed by atoms with Crippen LogP contribution in [0.3, 0.4) is 0 Å². The van der Waals surface area contributed by atoms with Crippen molar-refractivity contribution in [2.75, 3.05) is 24.7 Å². The van der Waals surface area contributed by atoms with Crippen LogP contribution in [0.2, 0.25) is 0 Å². The van der Waals surface area contributed by atoms with Gasteiger partial charge in [-0.1, -0.05) is 62.4 Å². The molecule has 2 aromatic carbocycles. The van der Waals surface area contributed by atoms with Crippen molar-refractivity contribution in [3.05, 3.63) is 88.3 Å². The SMILES string of the molecule is CCCOc1ccccc1[C@@H]1C(C(=O)OCCSCC)=C(C)NC2=C1C(=O)C[C@@H](c1ccccc1)C2. The van der Waals surface area contributed by atoms with E-state index < -0.39 is 5.92 Å². The van der Waals surface area contributed by atoms with Gasteiger partial charge in [0.2, 0.25) is 0 Å². The van der Waals surface area contributed by atoms with Crippen molar-refractivity contribution in [2.45, 2.75) is 51.9 Å². The second-order valence-electron chi connectivity index (χ2n) is 9.15. The number of ether oxygens (including phenoxy) is 2. The molecule has 1 heterocycles. The molecule has 36 heavy (non-hydrogen) atoms. The van der Waals surface area contributed by atoms with E-state index in [-0.39, 0.29) is 17.7 Å². The number of nitrogens with one attached hydrogen (secondary N) is 1. The third-order valence-electron chi connectivity index (χ3n) is 6.68. The molecule has 0 bridgehead atoms. The molecule has 0 saturated carbocycles. The average Bonchev–Trinajstić information content (AvgIpc) is 2.89. The molecule has 1 aliphatic carbocycles. The van der Waals surface area contributed by atoms with Gasteiger partial charge in [0.15, 0.2) is 5.78 Å². The van der Waals surface area contributed by atoms with Crippen LogP contribution < -0.4 is 10.1 Å². The van der Waals surface area contributed by atoms with Crippen LogP contribution >= 0.6 is 11.8 Å². The molecule has 1 aliphatic heterocycles. The zero-order valence-corrected chi connectivity index (χ0v) is 22.2. The number of dihydropyridines is 1. The second-order valence-corrected chi connectivity index (χ2v) is 10.5. The number of hydrogen-bond acceptors (Lipinski definition) is 6. The van der Waals surface area contributed by atoms with Gasteiger partial charge >= 0.3 is 5.97 Å². The Morgan fingerprint density at radius 1 is 1.03 bits per heavy atom. The fourth-order valence-corrected chi connectivity index (χ4v) is 5.55. The number of Topliss-reactive ketones (excluding diaryl/α,β-unsaturated/α-hetero) is 1. The Kier molecular flexibility index (Phi) is 8.92. The van der Waals surface area contributed by atoms with E-state index >= 15 is 0 Å². The van der Waals surface area contributed by atoms with Crippen LogP contribution in [0.1, 0.15) is 63.0 Å². The molecule has 0 spiro atoms. The summed E-state index contributed by atoms with van der Waals surface area (Å²) in [6.07, 6.45) is 1.99. The molecule has 0 radical (unpaired) electrons. The van der Waals surface area contributed by atoms with Crippen LogP contribution in [-0.2, 0) is 14.3 Å². The molecule has 1 N–H and O–H groups in total. The molecule has 0 unspecified atom stereocenters. The average molecular weight is 506 g/mol. The lowest BCUT2D eigenvalue weighted by atomic mass is 9.71. The summed E-state index contributed by atoms with van der Waals surface area (Å²) in [5.41, 5.74) is 4.78. The maximum atomic E-state index is 13.8. The first kappa shape index (κ1) is 26.1. The van der Waals surface area contributed by atoms with E-state index in [1.54, 1.807) is 11.8 Å². The zero-order valence-electron chi connectivity index (χ0n) is 21.3. The van der Waals surface area contributed by atoms with Gasteiger partial charge in [-0.2, -0.15) is 11.8 Å². The first-order valence-electron chi connectivity index (χ1n) is 12.8. The van der Waals surface area contributed by atoms with Crippen LogP contribution in [0.5, 0.6) is 5.75 Å². The third kappa shape index (κ3) is 5.70. The number of thioether (sulfide) groups is 1. The summed E-state index contributed by atoms with van der Waals surface area (Å²) in [5.74, 6) is 1.68. The van der Waals surface area contributed by atoms with E-state index in [2.05, 4.69) is 31.3 Å². The molecule has 5 nitrogen and oxygen atoms in total. The van der Waals surface area contributed by atoms with Gasteiger partial charge in [-0.15, -0.1) is 0 Å². The van der Waals surface area contributed by atoms with Crippen LogP contribution in [0.4, 0.5) is 0 Å². The first-order chi connectivity index (χ1) is 17.5. The molecule has 190 valence electrons. The Hall–Kier alpha value is -2.99. The highest BCUT2D eigenvalue weighted by atomic mass is 32.2. The summed E-state index contributed by atoms with van der Waals surface area (Å²) >= 11 is 1.73. The minimum Gasteiger partial charge on any atom is -0.493 e. The number of rotatable bonds is 10. The lowest BCUT2D eigenvalue weighted by molar-refractivity contribution is -0.138. The van der Waals surface area contributed by atoms with E-state index in [1.807, 2.05) is 49.4 Å². The summed E-state index contributed by atoms with van der Waals surface area (Å²) in [7, 11) is 0. The Balaban J connectivity index is 1.75. The largest absolute Gasteiger partial charge is 0.493 e. The van der Waals surface area contributed by atoms with Crippen molar-refractivity contribution in [3.8, 4) is 5.75 Å². The molecular weight excluding hydrogens is 470 g/mol. The maximum Gasteiger partial charge on any atom is 0.336 e. The monoisotopic (exact) mass is 505 g/mol. The van der Waals surface area contributed by atoms with Gasteiger partial charge in [0.1, 0.15) is 12.4 Å². The molecule has 6 heteroatoms. The van der Waals surface area contributed by atoms with Crippen molar-refractivity contribution >= 4 is 23.5 Å². The normalized spacial score (nSPS) is 19.6. The number of ketones is 1. The van der Waals surface area contributed by atoms with Crippen molar-refractivity contribution < 1.29 is 19.1 Å². The van der Waals surface area contributed by atoms with Crippen LogP contribution in [0.25, 0.3) is 0 Å². The van der Waals surface area contributed by atoms with Crippen LogP contribution in [0.15, 0.2) is 77.1 Å². The summed E-state index contributed by atoms with van der Waals surface area (Å²) in [6.45, 7) is 6.95. The Morgan fingerprint density at radius 3 is 2.53 bits per heavy atom. The summed E-state index contributed by atoms with van der Waals surface area (Å²) in [5, 5.41) is 3.43. The molecule has 0 aromatic heterocycles. The van der Waals surface area contributed by atoms with Crippen LogP contribution in [-0.4, -0.2) is 36.5 Å². The molecule has 2 aromatic rings. The van der Waals surface area contributed by atoms with E-state index in [0.29, 0.717) is 43.0 Å². The summed E-state index contributed by atoms with van der Waals surface area (Å²) < 4.78 is 11.8. The molecule has 0 fully saturated rings. The number of benzene rings is 2. The lowest BCUT2D eigenvalue weighted by Gasteiger charge is -2.37. The van der Waals surface area contributed by atoms with Gasteiger partial charge < -0.3 is 14.8 Å². The van der Waals surface area contributed by atoms with Crippen molar-refractivity contribution in [2.24, 2.45) is 0 Å². The van der Waals surface area contributed by atoms with Gasteiger partial charge in [-0.25, -0.2) is 4.79 Å². The quantitative estimate of drug-likeness (QED) is 0.309. The number of para-hydroxylation sites is 1. The molecular formula is C30H35NO4S. The summed E-state index contributed by atoms with van der Waals surface area (Å²) in [4.78, 5) is 27.2. The van der Waals surface area contributed by atoms with Gasteiger partial charge in [0, 0.05) is 34.7 Å². The molecule has 2 atom stereocenters. The van der Waals surface area contributed by atoms with E-state index in [1.165, 1.54) is 0 Å². The third-order valence-corrected chi connectivity index (χ3v) is 7.54. The fraction of sp³-hybridized carbons (Fsp3) is 0.400. The minimum absolute atomic E-state index is 0.0623. The van der Waals surface area contributed by atoms with Crippen molar-refractivity contribution in [3.63, 3.8) is 0 Å². The number of allylic oxidation sites excluding steroid dienone is 3. The van der Waals surface area contributed by atoms with E-state index in [9.17, 15) is 9.59 Å². The highest BCUT2D eigenvalue weighted by Gasteiger charge is 2.42. The van der Waals surface area contributed by atoms with E-state index in [4.69, 9.17) is 9.47 Å². The van der Waals surface area contributed by atoms with Crippen LogP contribution in [0, 0.1) is 0 Å². The van der Waals surface area contributed by atoms with Gasteiger partial charge in [-0.05, 0) is 43.1 Å².